The van der Waals surface area contributed by atoms with Gasteiger partial charge in [-0.1, -0.05) is 17.7 Å². The highest BCUT2D eigenvalue weighted by molar-refractivity contribution is 6.35. The number of aromatic nitrogens is 3. The van der Waals surface area contributed by atoms with Crippen LogP contribution >= 0.6 is 11.6 Å². The fourth-order valence-corrected chi connectivity index (χ4v) is 3.63. The van der Waals surface area contributed by atoms with Crippen LogP contribution < -0.4 is 5.73 Å². The summed E-state index contributed by atoms with van der Waals surface area (Å²) in [5.74, 6) is -2.42. The van der Waals surface area contributed by atoms with Crippen molar-refractivity contribution >= 4 is 34.4 Å². The molecule has 0 saturated carbocycles. The zero-order valence-corrected chi connectivity index (χ0v) is 15.0. The highest BCUT2D eigenvalue weighted by atomic mass is 35.5. The number of halogens is 2. The average Bonchev–Trinajstić information content (AvgIpc) is 3.11. The van der Waals surface area contributed by atoms with Crippen LogP contribution in [0.1, 0.15) is 40.8 Å². The minimum Gasteiger partial charge on any atom is -0.369 e. The van der Waals surface area contributed by atoms with Crippen LogP contribution in [-0.2, 0) is 4.79 Å². The van der Waals surface area contributed by atoms with Crippen molar-refractivity contribution in [1.82, 2.24) is 19.9 Å². The second-order valence-corrected chi connectivity index (χ2v) is 6.81. The van der Waals surface area contributed by atoms with Gasteiger partial charge in [-0.15, -0.1) is 0 Å². The average molecular weight is 388 g/mol. The van der Waals surface area contributed by atoms with Crippen molar-refractivity contribution in [2.75, 3.05) is 6.54 Å². The first kappa shape index (κ1) is 17.4. The molecule has 3 N–H and O–H groups in total. The number of rotatable bonds is 2. The van der Waals surface area contributed by atoms with Crippen LogP contribution in [0.25, 0.3) is 11.0 Å². The zero-order chi connectivity index (χ0) is 19.3. The van der Waals surface area contributed by atoms with Gasteiger partial charge in [0.2, 0.25) is 5.91 Å². The summed E-state index contributed by atoms with van der Waals surface area (Å²) in [6.07, 6.45) is 1.59. The monoisotopic (exact) mass is 387 g/mol. The lowest BCUT2D eigenvalue weighted by Crippen LogP contribution is -2.45. The maximum Gasteiger partial charge on any atom is 0.290 e. The Kier molecular flexibility index (Phi) is 4.07. The Balaban J connectivity index is 1.77. The van der Waals surface area contributed by atoms with Gasteiger partial charge in [0.05, 0.1) is 28.2 Å². The number of hydrogen-bond donors (Lipinski definition) is 2. The Morgan fingerprint density at radius 3 is 2.85 bits per heavy atom. The van der Waals surface area contributed by atoms with E-state index in [2.05, 4.69) is 15.0 Å². The molecule has 0 fully saturated rings. The first-order valence-corrected chi connectivity index (χ1v) is 8.65. The van der Waals surface area contributed by atoms with Gasteiger partial charge in [-0.05, 0) is 30.7 Å². The van der Waals surface area contributed by atoms with Gasteiger partial charge in [0.1, 0.15) is 5.52 Å². The van der Waals surface area contributed by atoms with Crippen molar-refractivity contribution in [1.29, 1.82) is 0 Å². The van der Waals surface area contributed by atoms with Crippen LogP contribution in [-0.4, -0.2) is 38.2 Å². The Morgan fingerprint density at radius 2 is 2.15 bits per heavy atom. The number of imidazole rings is 1. The third kappa shape index (κ3) is 2.73. The number of pyridine rings is 1. The summed E-state index contributed by atoms with van der Waals surface area (Å²) >= 11 is 6.06. The Labute approximate surface area is 158 Å². The molecule has 2 atom stereocenters. The predicted octanol–water partition coefficient (Wildman–Crippen LogP) is 2.54. The molecule has 2 amide bonds. The summed E-state index contributed by atoms with van der Waals surface area (Å²) in [6, 6.07) is 5.76. The fourth-order valence-electron chi connectivity index (χ4n) is 3.43. The summed E-state index contributed by atoms with van der Waals surface area (Å²) in [5.41, 5.74) is 7.07. The summed E-state index contributed by atoms with van der Waals surface area (Å²) in [5, 5.41) is 0.259. The predicted molar refractivity (Wildman–Crippen MR) is 96.7 cm³/mol. The number of carbonyl (C=O) groups is 2. The van der Waals surface area contributed by atoms with Gasteiger partial charge in [-0.3, -0.25) is 14.6 Å². The molecular weight excluding hydrogens is 373 g/mol. The van der Waals surface area contributed by atoms with E-state index >= 15 is 0 Å². The Bertz CT molecular complexity index is 1040. The van der Waals surface area contributed by atoms with E-state index in [4.69, 9.17) is 17.3 Å². The molecule has 0 saturated heterocycles. The van der Waals surface area contributed by atoms with Crippen molar-refractivity contribution in [2.45, 2.75) is 18.9 Å². The number of amides is 2. The molecule has 9 heteroatoms. The first-order valence-electron chi connectivity index (χ1n) is 8.27. The molecule has 27 heavy (non-hydrogen) atoms. The number of carbonyl (C=O) groups excluding carboxylic acids is 2. The minimum atomic E-state index is -0.731. The van der Waals surface area contributed by atoms with E-state index in [0.29, 0.717) is 5.69 Å². The van der Waals surface area contributed by atoms with E-state index in [1.54, 1.807) is 18.3 Å². The third-order valence-electron chi connectivity index (χ3n) is 4.85. The Hall–Kier alpha value is -3.00. The fraction of sp³-hybridized carbons (Fsp3) is 0.222. The largest absolute Gasteiger partial charge is 0.369 e. The molecule has 3 aromatic rings. The standard InChI is InChI=1S/C18H15ClFN5O2/c1-8-9-3-2-6-22-13(9)10(16(21)26)7-25(8)18(27)17-23-14-11(19)4-5-12(20)15(14)24-17/h2-6,8,10H,7H2,1H3,(H2,21,26)(H,23,24)/t8-,10?/m1/s1. The number of nitrogens with zero attached hydrogens (tertiary/aromatic N) is 3. The van der Waals surface area contributed by atoms with E-state index in [1.807, 2.05) is 6.92 Å². The SMILES string of the molecule is C[C@@H]1c2cccnc2C(C(N)=O)CN1C(=O)c1nc2c(F)ccc(Cl)c2[nH]1. The molecule has 1 aromatic carbocycles. The van der Waals surface area contributed by atoms with E-state index in [1.165, 1.54) is 17.0 Å². The highest BCUT2D eigenvalue weighted by Crippen LogP contribution is 2.35. The molecule has 138 valence electrons. The highest BCUT2D eigenvalue weighted by Gasteiger charge is 2.38. The Morgan fingerprint density at radius 1 is 1.37 bits per heavy atom. The molecule has 0 radical (unpaired) electrons. The van der Waals surface area contributed by atoms with Gasteiger partial charge in [0.15, 0.2) is 11.6 Å². The van der Waals surface area contributed by atoms with E-state index in [0.717, 1.165) is 5.56 Å². The van der Waals surface area contributed by atoms with Gasteiger partial charge < -0.3 is 15.6 Å². The smallest absolute Gasteiger partial charge is 0.290 e. The van der Waals surface area contributed by atoms with E-state index in [9.17, 15) is 14.0 Å². The number of primary amides is 1. The molecule has 0 bridgehead atoms. The summed E-state index contributed by atoms with van der Waals surface area (Å²) < 4.78 is 14.0. The molecular formula is C18H15ClFN5O2. The summed E-state index contributed by atoms with van der Waals surface area (Å²) in [4.78, 5) is 37.6. The molecule has 4 rings (SSSR count). The number of benzene rings is 1. The third-order valence-corrected chi connectivity index (χ3v) is 5.16. The maximum absolute atomic E-state index is 14.0. The van der Waals surface area contributed by atoms with Crippen molar-refractivity contribution in [2.24, 2.45) is 5.73 Å². The number of nitrogens with two attached hydrogens (primary N) is 1. The molecule has 0 aliphatic carbocycles. The van der Waals surface area contributed by atoms with Crippen LogP contribution in [0.3, 0.4) is 0 Å². The lowest BCUT2D eigenvalue weighted by Gasteiger charge is -2.37. The topological polar surface area (TPSA) is 105 Å². The van der Waals surface area contributed by atoms with Gasteiger partial charge in [0.25, 0.3) is 5.91 Å². The number of nitrogens with one attached hydrogen (secondary N) is 1. The molecule has 1 unspecified atom stereocenters. The van der Waals surface area contributed by atoms with Crippen molar-refractivity contribution in [3.05, 3.63) is 58.4 Å². The maximum atomic E-state index is 14.0. The summed E-state index contributed by atoms with van der Waals surface area (Å²) in [6.45, 7) is 1.89. The van der Waals surface area contributed by atoms with Crippen LogP contribution in [0.15, 0.2) is 30.5 Å². The number of fused-ring (bicyclic) bond motifs is 2. The molecule has 2 aromatic heterocycles. The van der Waals surface area contributed by atoms with Gasteiger partial charge >= 0.3 is 0 Å². The number of hydrogen-bond acceptors (Lipinski definition) is 4. The van der Waals surface area contributed by atoms with Gasteiger partial charge in [-0.2, -0.15) is 0 Å². The van der Waals surface area contributed by atoms with Crippen LogP contribution in [0.4, 0.5) is 4.39 Å². The minimum absolute atomic E-state index is 0.0102. The quantitative estimate of drug-likeness (QED) is 0.704. The number of aromatic amines is 1. The second kappa shape index (κ2) is 6.31. The first-order chi connectivity index (χ1) is 12.9. The molecule has 3 heterocycles. The molecule has 7 nitrogen and oxygen atoms in total. The molecule has 0 spiro atoms. The normalized spacial score (nSPS) is 19.1. The van der Waals surface area contributed by atoms with Crippen LogP contribution in [0, 0.1) is 5.82 Å². The van der Waals surface area contributed by atoms with Gasteiger partial charge in [0, 0.05) is 12.7 Å². The van der Waals surface area contributed by atoms with Gasteiger partial charge in [-0.25, -0.2) is 9.37 Å². The van der Waals surface area contributed by atoms with Crippen molar-refractivity contribution in [3.8, 4) is 0 Å². The van der Waals surface area contributed by atoms with Crippen molar-refractivity contribution < 1.29 is 14.0 Å². The summed E-state index contributed by atoms with van der Waals surface area (Å²) in [7, 11) is 0. The lowest BCUT2D eigenvalue weighted by atomic mass is 9.89. The molecule has 1 aliphatic rings. The van der Waals surface area contributed by atoms with Crippen molar-refractivity contribution in [3.63, 3.8) is 0 Å². The zero-order valence-electron chi connectivity index (χ0n) is 14.2. The van der Waals surface area contributed by atoms with E-state index < -0.39 is 23.5 Å². The van der Waals surface area contributed by atoms with Crippen LogP contribution in [0.2, 0.25) is 5.02 Å². The molecule has 1 aliphatic heterocycles. The second-order valence-electron chi connectivity index (χ2n) is 6.40. The lowest BCUT2D eigenvalue weighted by molar-refractivity contribution is -0.120. The number of H-pyrrole nitrogens is 1. The van der Waals surface area contributed by atoms with Crippen LogP contribution in [0.5, 0.6) is 0 Å². The van der Waals surface area contributed by atoms with E-state index in [-0.39, 0.29) is 34.5 Å².